The number of nitrogens with one attached hydrogen (secondary N) is 1. The van der Waals surface area contributed by atoms with Gasteiger partial charge in [-0.05, 0) is 66.1 Å². The molecule has 0 saturated heterocycles. The lowest BCUT2D eigenvalue weighted by molar-refractivity contribution is 0.0734. The number of rotatable bonds is 4. The van der Waals surface area contributed by atoms with E-state index in [0.717, 1.165) is 10.9 Å². The van der Waals surface area contributed by atoms with Crippen LogP contribution in [0.25, 0.3) is 0 Å². The molecular weight excluding hydrogens is 452 g/mol. The molecule has 1 heterocycles. The highest BCUT2D eigenvalue weighted by molar-refractivity contribution is 9.10. The van der Waals surface area contributed by atoms with E-state index in [0.29, 0.717) is 24.3 Å². The van der Waals surface area contributed by atoms with Gasteiger partial charge in [-0.25, -0.2) is 8.42 Å². The van der Waals surface area contributed by atoms with Gasteiger partial charge in [0.05, 0.1) is 4.90 Å². The standard InChI is InChI=1S/C22H19BrN2O3S/c23-19-7-11-21(12-8-19)29(27,28)24-20-9-5-17(6-10-20)22(26)25-14-13-16-3-1-2-4-18(16)15-25/h1-12,24H,13-15H2. The van der Waals surface area contributed by atoms with Gasteiger partial charge in [0.25, 0.3) is 15.9 Å². The van der Waals surface area contributed by atoms with E-state index in [1.54, 1.807) is 36.4 Å². The summed E-state index contributed by atoms with van der Waals surface area (Å²) in [6.07, 6.45) is 0.840. The number of anilines is 1. The maximum absolute atomic E-state index is 12.8. The molecule has 0 saturated carbocycles. The second-order valence-corrected chi connectivity index (χ2v) is 9.48. The summed E-state index contributed by atoms with van der Waals surface area (Å²) in [5.74, 6) is -0.0539. The molecular formula is C22H19BrN2O3S. The van der Waals surface area contributed by atoms with E-state index in [2.05, 4.69) is 32.8 Å². The molecule has 1 N–H and O–H groups in total. The van der Waals surface area contributed by atoms with Crippen LogP contribution >= 0.6 is 15.9 Å². The summed E-state index contributed by atoms with van der Waals surface area (Å²) in [6, 6.07) is 21.1. The van der Waals surface area contributed by atoms with Crippen molar-refractivity contribution < 1.29 is 13.2 Å². The van der Waals surface area contributed by atoms with Crippen molar-refractivity contribution in [2.75, 3.05) is 11.3 Å². The molecule has 0 unspecified atom stereocenters. The summed E-state index contributed by atoms with van der Waals surface area (Å²) in [5.41, 5.74) is 3.41. The first-order valence-corrected chi connectivity index (χ1v) is 11.4. The van der Waals surface area contributed by atoms with Crippen LogP contribution in [0.3, 0.4) is 0 Å². The van der Waals surface area contributed by atoms with Crippen molar-refractivity contribution >= 4 is 37.5 Å². The van der Waals surface area contributed by atoms with E-state index in [1.807, 2.05) is 17.0 Å². The van der Waals surface area contributed by atoms with Crippen molar-refractivity contribution in [1.82, 2.24) is 4.90 Å². The van der Waals surface area contributed by atoms with E-state index in [4.69, 9.17) is 0 Å². The predicted molar refractivity (Wildman–Crippen MR) is 116 cm³/mol. The van der Waals surface area contributed by atoms with Crippen molar-refractivity contribution in [3.63, 3.8) is 0 Å². The maximum Gasteiger partial charge on any atom is 0.261 e. The van der Waals surface area contributed by atoms with Gasteiger partial charge >= 0.3 is 0 Å². The molecule has 7 heteroatoms. The smallest absolute Gasteiger partial charge is 0.261 e. The van der Waals surface area contributed by atoms with Crippen molar-refractivity contribution in [2.24, 2.45) is 0 Å². The highest BCUT2D eigenvalue weighted by Crippen LogP contribution is 2.22. The lowest BCUT2D eigenvalue weighted by atomic mass is 9.99. The molecule has 0 aromatic heterocycles. The first-order chi connectivity index (χ1) is 13.9. The van der Waals surface area contributed by atoms with Crippen molar-refractivity contribution in [2.45, 2.75) is 17.9 Å². The highest BCUT2D eigenvalue weighted by atomic mass is 79.9. The number of carbonyl (C=O) groups is 1. The minimum absolute atomic E-state index is 0.0539. The monoisotopic (exact) mass is 470 g/mol. The summed E-state index contributed by atoms with van der Waals surface area (Å²) < 4.78 is 28.3. The van der Waals surface area contributed by atoms with Crippen LogP contribution in [0, 0.1) is 0 Å². The SMILES string of the molecule is O=C(c1ccc(NS(=O)(=O)c2ccc(Br)cc2)cc1)N1CCc2ccccc2C1. The molecule has 3 aromatic rings. The van der Waals surface area contributed by atoms with E-state index < -0.39 is 10.0 Å². The van der Waals surface area contributed by atoms with E-state index >= 15 is 0 Å². The molecule has 0 radical (unpaired) electrons. The number of benzene rings is 3. The fraction of sp³-hybridized carbons (Fsp3) is 0.136. The van der Waals surface area contributed by atoms with Gasteiger partial charge in [0.2, 0.25) is 0 Å². The van der Waals surface area contributed by atoms with Crippen molar-refractivity contribution in [3.8, 4) is 0 Å². The average Bonchev–Trinajstić information content (AvgIpc) is 2.73. The fourth-order valence-electron chi connectivity index (χ4n) is 3.36. The molecule has 1 aliphatic heterocycles. The summed E-state index contributed by atoms with van der Waals surface area (Å²) in [4.78, 5) is 14.8. The third-order valence-corrected chi connectivity index (χ3v) is 6.85. The van der Waals surface area contributed by atoms with Crippen LogP contribution in [0.1, 0.15) is 21.5 Å². The van der Waals surface area contributed by atoms with Crippen LogP contribution in [0.4, 0.5) is 5.69 Å². The van der Waals surface area contributed by atoms with Gasteiger partial charge in [-0.1, -0.05) is 40.2 Å². The molecule has 0 atom stereocenters. The van der Waals surface area contributed by atoms with E-state index in [1.165, 1.54) is 23.3 Å². The Morgan fingerprint density at radius 2 is 1.55 bits per heavy atom. The number of carbonyl (C=O) groups excluding carboxylic acids is 1. The Labute approximate surface area is 178 Å². The van der Waals surface area contributed by atoms with E-state index in [-0.39, 0.29) is 10.8 Å². The lowest BCUT2D eigenvalue weighted by Gasteiger charge is -2.29. The molecule has 0 fully saturated rings. The molecule has 0 aliphatic carbocycles. The van der Waals surface area contributed by atoms with Crippen LogP contribution in [-0.2, 0) is 23.0 Å². The minimum atomic E-state index is -3.68. The van der Waals surface area contributed by atoms with E-state index in [9.17, 15) is 13.2 Å². The Kier molecular flexibility index (Phi) is 5.43. The molecule has 148 valence electrons. The summed E-state index contributed by atoms with van der Waals surface area (Å²) in [7, 11) is -3.68. The number of sulfonamides is 1. The highest BCUT2D eigenvalue weighted by Gasteiger charge is 2.21. The number of nitrogens with zero attached hydrogens (tertiary/aromatic N) is 1. The number of hydrogen-bond acceptors (Lipinski definition) is 3. The normalized spacial score (nSPS) is 13.6. The van der Waals surface area contributed by atoms with Crippen molar-refractivity contribution in [3.05, 3.63) is 94.0 Å². The van der Waals surface area contributed by atoms with Gasteiger partial charge < -0.3 is 4.90 Å². The molecule has 1 aliphatic rings. The first kappa shape index (κ1) is 19.7. The van der Waals surface area contributed by atoms with Gasteiger partial charge in [-0.2, -0.15) is 0 Å². The number of halogens is 1. The van der Waals surface area contributed by atoms with Gasteiger partial charge in [-0.3, -0.25) is 9.52 Å². The van der Waals surface area contributed by atoms with Crippen LogP contribution in [-0.4, -0.2) is 25.8 Å². The quantitative estimate of drug-likeness (QED) is 0.612. The second kappa shape index (κ2) is 8.00. The molecule has 0 spiro atoms. The molecule has 29 heavy (non-hydrogen) atoms. The number of hydrogen-bond donors (Lipinski definition) is 1. The zero-order chi connectivity index (χ0) is 20.4. The largest absolute Gasteiger partial charge is 0.334 e. The zero-order valence-electron chi connectivity index (χ0n) is 15.5. The average molecular weight is 471 g/mol. The zero-order valence-corrected chi connectivity index (χ0v) is 17.9. The van der Waals surface area contributed by atoms with Gasteiger partial charge in [-0.15, -0.1) is 0 Å². The summed E-state index contributed by atoms with van der Waals surface area (Å²) in [5, 5.41) is 0. The summed E-state index contributed by atoms with van der Waals surface area (Å²) in [6.45, 7) is 1.26. The maximum atomic E-state index is 12.8. The lowest BCUT2D eigenvalue weighted by Crippen LogP contribution is -2.35. The minimum Gasteiger partial charge on any atom is -0.334 e. The number of fused-ring (bicyclic) bond motifs is 1. The number of amides is 1. The molecule has 5 nitrogen and oxygen atoms in total. The van der Waals surface area contributed by atoms with Crippen molar-refractivity contribution in [1.29, 1.82) is 0 Å². The van der Waals surface area contributed by atoms with Crippen LogP contribution in [0.5, 0.6) is 0 Å². The van der Waals surface area contributed by atoms with Crippen LogP contribution in [0.15, 0.2) is 82.2 Å². The fourth-order valence-corrected chi connectivity index (χ4v) is 4.68. The molecule has 4 rings (SSSR count). The second-order valence-electron chi connectivity index (χ2n) is 6.88. The summed E-state index contributed by atoms with van der Waals surface area (Å²) >= 11 is 3.29. The molecule has 1 amide bonds. The Morgan fingerprint density at radius 3 is 2.24 bits per heavy atom. The van der Waals surface area contributed by atoms with Crippen LogP contribution in [0.2, 0.25) is 0 Å². The third-order valence-electron chi connectivity index (χ3n) is 4.93. The van der Waals surface area contributed by atoms with Gasteiger partial charge in [0, 0.05) is 28.8 Å². The molecule has 3 aromatic carbocycles. The Morgan fingerprint density at radius 1 is 0.897 bits per heavy atom. The van der Waals surface area contributed by atoms with Gasteiger partial charge in [0.15, 0.2) is 0 Å². The Balaban J connectivity index is 1.46. The first-order valence-electron chi connectivity index (χ1n) is 9.17. The van der Waals surface area contributed by atoms with Gasteiger partial charge in [0.1, 0.15) is 0 Å². The molecule has 0 bridgehead atoms. The Hall–Kier alpha value is -2.64. The van der Waals surface area contributed by atoms with Crippen LogP contribution < -0.4 is 4.72 Å². The predicted octanol–water partition coefficient (Wildman–Crippen LogP) is 4.45. The topological polar surface area (TPSA) is 66.5 Å². The third kappa shape index (κ3) is 4.36. The Bertz CT molecular complexity index is 1140.